The zero-order valence-corrected chi connectivity index (χ0v) is 13.4. The van der Waals surface area contributed by atoms with E-state index in [1.54, 1.807) is 4.98 Å². The van der Waals surface area contributed by atoms with Crippen molar-refractivity contribution in [3.05, 3.63) is 32.9 Å². The number of amides is 1. The van der Waals surface area contributed by atoms with Crippen LogP contribution in [0.15, 0.2) is 15.8 Å². The first kappa shape index (κ1) is 18.8. The molecular weight excluding hydrogens is 341 g/mol. The normalized spacial score (nSPS) is 22.6. The summed E-state index contributed by atoms with van der Waals surface area (Å²) in [5.74, 6) is -2.11. The average molecular weight is 359 g/mol. The number of nitrogens with one attached hydrogen (secondary N) is 2. The summed E-state index contributed by atoms with van der Waals surface area (Å²) in [6.07, 6.45) is -2.29. The van der Waals surface area contributed by atoms with Gasteiger partial charge in [-0.1, -0.05) is 0 Å². The fourth-order valence-electron chi connectivity index (χ4n) is 2.36. The van der Waals surface area contributed by atoms with Crippen LogP contribution in [-0.2, 0) is 19.1 Å². The van der Waals surface area contributed by atoms with Crippen molar-refractivity contribution in [1.82, 2.24) is 14.9 Å². The summed E-state index contributed by atoms with van der Waals surface area (Å²) in [7, 11) is 1.21. The molecule has 1 aliphatic heterocycles. The Morgan fingerprint density at radius 1 is 1.48 bits per heavy atom. The van der Waals surface area contributed by atoms with Gasteiger partial charge in [0.05, 0.1) is 25.8 Å². The molecule has 0 spiro atoms. The second kappa shape index (κ2) is 8.03. The number of hydrogen-bond acceptors (Lipinski definition) is 7. The summed E-state index contributed by atoms with van der Waals surface area (Å²) < 4.78 is 24.0. The highest BCUT2D eigenvalue weighted by Gasteiger charge is 2.35. The first-order valence-corrected chi connectivity index (χ1v) is 7.49. The van der Waals surface area contributed by atoms with Crippen molar-refractivity contribution in [1.29, 1.82) is 0 Å². The molecule has 0 aliphatic carbocycles. The number of aromatic amines is 1. The van der Waals surface area contributed by atoms with Crippen LogP contribution in [0.25, 0.3) is 0 Å². The molecule has 0 aromatic carbocycles. The number of esters is 1. The molecule has 1 aliphatic rings. The number of aliphatic hydroxyl groups excluding tert-OH is 1. The van der Waals surface area contributed by atoms with Crippen molar-refractivity contribution < 1.29 is 28.6 Å². The maximum Gasteiger partial charge on any atom is 0.330 e. The van der Waals surface area contributed by atoms with Crippen molar-refractivity contribution in [2.24, 2.45) is 0 Å². The van der Waals surface area contributed by atoms with Crippen LogP contribution in [0.1, 0.15) is 25.5 Å². The summed E-state index contributed by atoms with van der Waals surface area (Å²) >= 11 is 0. The van der Waals surface area contributed by atoms with Gasteiger partial charge >= 0.3 is 11.7 Å². The Morgan fingerprint density at radius 3 is 2.88 bits per heavy atom. The van der Waals surface area contributed by atoms with Gasteiger partial charge in [0.25, 0.3) is 5.56 Å². The number of methoxy groups -OCH3 is 1. The second-order valence-corrected chi connectivity index (χ2v) is 5.46. The third kappa shape index (κ3) is 4.73. The molecule has 0 unspecified atom stereocenters. The predicted octanol–water partition coefficient (Wildman–Crippen LogP) is -1.61. The molecule has 1 aromatic rings. The molecule has 1 aromatic heterocycles. The molecule has 2 rings (SSSR count). The lowest BCUT2D eigenvalue weighted by Crippen LogP contribution is -2.37. The van der Waals surface area contributed by atoms with E-state index in [0.29, 0.717) is 6.20 Å². The number of aliphatic hydroxyl groups is 1. The number of carbonyl (C=O) groups excluding carboxylic acids is 2. The van der Waals surface area contributed by atoms with Gasteiger partial charge in [0.1, 0.15) is 12.3 Å². The molecule has 1 fully saturated rings. The van der Waals surface area contributed by atoms with Gasteiger partial charge in [-0.05, 0) is 0 Å². The van der Waals surface area contributed by atoms with E-state index in [1.807, 2.05) is 0 Å². The SMILES string of the molecule is COC(=O)CCC(=O)NC[C@H]1O[C@@H](n2cc(F)c(=O)[nH]c2=O)C[C@@H]1O. The highest BCUT2D eigenvalue weighted by molar-refractivity contribution is 5.81. The van der Waals surface area contributed by atoms with E-state index in [4.69, 9.17) is 4.74 Å². The zero-order valence-electron chi connectivity index (χ0n) is 13.4. The van der Waals surface area contributed by atoms with Crippen LogP contribution < -0.4 is 16.6 Å². The summed E-state index contributed by atoms with van der Waals surface area (Å²) in [6.45, 7) is -0.0573. The van der Waals surface area contributed by atoms with Crippen molar-refractivity contribution in [3.8, 4) is 0 Å². The summed E-state index contributed by atoms with van der Waals surface area (Å²) in [6, 6.07) is 0. The number of ether oxygens (including phenoxy) is 2. The van der Waals surface area contributed by atoms with Crippen molar-refractivity contribution in [3.63, 3.8) is 0 Å². The summed E-state index contributed by atoms with van der Waals surface area (Å²) in [4.78, 5) is 47.1. The molecule has 10 nitrogen and oxygen atoms in total. The molecule has 0 radical (unpaired) electrons. The fourth-order valence-corrected chi connectivity index (χ4v) is 2.36. The lowest BCUT2D eigenvalue weighted by molar-refractivity contribution is -0.142. The van der Waals surface area contributed by atoms with Crippen LogP contribution in [-0.4, -0.2) is 52.4 Å². The van der Waals surface area contributed by atoms with Gasteiger partial charge in [0.15, 0.2) is 0 Å². The third-order valence-electron chi connectivity index (χ3n) is 3.72. The van der Waals surface area contributed by atoms with E-state index in [0.717, 1.165) is 4.57 Å². The first-order chi connectivity index (χ1) is 11.8. The molecule has 1 saturated heterocycles. The number of halogens is 1. The minimum atomic E-state index is -1.16. The number of carbonyl (C=O) groups is 2. The minimum Gasteiger partial charge on any atom is -0.469 e. The van der Waals surface area contributed by atoms with Gasteiger partial charge in [-0.3, -0.25) is 23.9 Å². The van der Waals surface area contributed by atoms with Crippen molar-refractivity contribution >= 4 is 11.9 Å². The molecule has 138 valence electrons. The van der Waals surface area contributed by atoms with Gasteiger partial charge < -0.3 is 19.9 Å². The van der Waals surface area contributed by atoms with E-state index in [-0.39, 0.29) is 25.8 Å². The topological polar surface area (TPSA) is 140 Å². The Labute approximate surface area is 140 Å². The number of aromatic nitrogens is 2. The van der Waals surface area contributed by atoms with Gasteiger partial charge in [0.2, 0.25) is 11.7 Å². The van der Waals surface area contributed by atoms with Crippen molar-refractivity contribution in [2.75, 3.05) is 13.7 Å². The molecule has 3 atom stereocenters. The lowest BCUT2D eigenvalue weighted by atomic mass is 10.1. The number of nitrogens with zero attached hydrogens (tertiary/aromatic N) is 1. The van der Waals surface area contributed by atoms with Crippen LogP contribution >= 0.6 is 0 Å². The van der Waals surface area contributed by atoms with Crippen LogP contribution in [0.4, 0.5) is 4.39 Å². The maximum atomic E-state index is 13.3. The van der Waals surface area contributed by atoms with Crippen LogP contribution in [0, 0.1) is 5.82 Å². The maximum absolute atomic E-state index is 13.3. The minimum absolute atomic E-state index is 0.0198. The predicted molar refractivity (Wildman–Crippen MR) is 80.1 cm³/mol. The van der Waals surface area contributed by atoms with E-state index < -0.39 is 47.4 Å². The van der Waals surface area contributed by atoms with Crippen molar-refractivity contribution in [2.45, 2.75) is 37.7 Å². The Hall–Kier alpha value is -2.53. The van der Waals surface area contributed by atoms with Gasteiger partial charge in [0, 0.05) is 19.4 Å². The molecule has 1 amide bonds. The first-order valence-electron chi connectivity index (χ1n) is 7.49. The number of H-pyrrole nitrogens is 1. The van der Waals surface area contributed by atoms with Crippen LogP contribution in [0.2, 0.25) is 0 Å². The van der Waals surface area contributed by atoms with E-state index >= 15 is 0 Å². The monoisotopic (exact) mass is 359 g/mol. The zero-order chi connectivity index (χ0) is 18.6. The number of hydrogen-bond donors (Lipinski definition) is 3. The van der Waals surface area contributed by atoms with E-state index in [1.165, 1.54) is 7.11 Å². The van der Waals surface area contributed by atoms with Crippen LogP contribution in [0.5, 0.6) is 0 Å². The Kier molecular flexibility index (Phi) is 6.04. The largest absolute Gasteiger partial charge is 0.469 e. The quantitative estimate of drug-likeness (QED) is 0.519. The Balaban J connectivity index is 1.92. The van der Waals surface area contributed by atoms with E-state index in [2.05, 4.69) is 10.1 Å². The molecule has 25 heavy (non-hydrogen) atoms. The molecular formula is C14H18FN3O7. The second-order valence-electron chi connectivity index (χ2n) is 5.46. The molecule has 0 bridgehead atoms. The number of rotatable bonds is 6. The highest BCUT2D eigenvalue weighted by atomic mass is 19.1. The highest BCUT2D eigenvalue weighted by Crippen LogP contribution is 2.27. The molecule has 2 heterocycles. The third-order valence-corrected chi connectivity index (χ3v) is 3.72. The molecule has 3 N–H and O–H groups in total. The van der Waals surface area contributed by atoms with Gasteiger partial charge in [-0.25, -0.2) is 4.79 Å². The van der Waals surface area contributed by atoms with E-state index in [9.17, 15) is 28.7 Å². The average Bonchev–Trinajstić information content (AvgIpc) is 2.94. The fraction of sp³-hybridized carbons (Fsp3) is 0.571. The molecule has 0 saturated carbocycles. The Morgan fingerprint density at radius 2 is 2.20 bits per heavy atom. The smallest absolute Gasteiger partial charge is 0.330 e. The van der Waals surface area contributed by atoms with Gasteiger partial charge in [-0.2, -0.15) is 4.39 Å². The van der Waals surface area contributed by atoms with Crippen LogP contribution in [0.3, 0.4) is 0 Å². The lowest BCUT2D eigenvalue weighted by Gasteiger charge is -2.16. The summed E-state index contributed by atoms with van der Waals surface area (Å²) in [5.41, 5.74) is -2.01. The summed E-state index contributed by atoms with van der Waals surface area (Å²) in [5, 5.41) is 12.5. The Bertz CT molecular complexity index is 760. The van der Waals surface area contributed by atoms with Gasteiger partial charge in [-0.15, -0.1) is 0 Å². The standard InChI is InChI=1S/C14H18FN3O7/c1-24-12(21)3-2-10(20)16-5-9-8(19)4-11(25-9)18-6-7(15)13(22)17-14(18)23/h6,8-9,11,19H,2-5H2,1H3,(H,16,20)(H,17,22,23)/t8-,9+,11+/m0/s1. The molecule has 11 heteroatoms.